The van der Waals surface area contributed by atoms with Crippen molar-refractivity contribution in [2.24, 2.45) is 7.05 Å². The van der Waals surface area contributed by atoms with Crippen LogP contribution >= 0.6 is 0 Å². The molecule has 0 atom stereocenters. The van der Waals surface area contributed by atoms with Gasteiger partial charge in [0.1, 0.15) is 5.82 Å². The summed E-state index contributed by atoms with van der Waals surface area (Å²) in [6.45, 7) is 4.31. The number of nitrogen functional groups attached to an aromatic ring is 1. The van der Waals surface area contributed by atoms with Crippen molar-refractivity contribution in [3.63, 3.8) is 0 Å². The Morgan fingerprint density at radius 3 is 2.27 bits per heavy atom. The van der Waals surface area contributed by atoms with E-state index in [2.05, 4.69) is 67.1 Å². The first-order valence-corrected chi connectivity index (χ1v) is 7.50. The maximum absolute atomic E-state index is 6.38. The van der Waals surface area contributed by atoms with Crippen LogP contribution in [0.5, 0.6) is 0 Å². The maximum Gasteiger partial charge on any atom is 0.128 e. The van der Waals surface area contributed by atoms with Crippen LogP contribution in [0.3, 0.4) is 0 Å². The monoisotopic (exact) mass is 289 g/mol. The highest BCUT2D eigenvalue weighted by molar-refractivity contribution is 6.13. The predicted octanol–water partition coefficient (Wildman–Crippen LogP) is 4.32. The molecule has 0 radical (unpaired) electrons. The molecule has 2 N–H and O–H groups in total. The van der Waals surface area contributed by atoms with Gasteiger partial charge in [-0.15, -0.1) is 0 Å². The fraction of sp³-hybridized carbons (Fsp3) is 0.158. The van der Waals surface area contributed by atoms with Crippen LogP contribution in [0.4, 0.5) is 5.82 Å². The molecule has 0 aliphatic carbocycles. The molecule has 0 saturated heterocycles. The topological polar surface area (TPSA) is 35.9 Å². The predicted molar refractivity (Wildman–Crippen MR) is 93.6 cm³/mol. The molecule has 0 aliphatic rings. The highest BCUT2D eigenvalue weighted by Gasteiger charge is 2.18. The molecule has 0 spiro atoms. The summed E-state index contributed by atoms with van der Waals surface area (Å²) in [4.78, 5) is 0. The minimum atomic E-state index is 0.800. The number of anilines is 1. The minimum Gasteiger partial charge on any atom is -0.383 e. The summed E-state index contributed by atoms with van der Waals surface area (Å²) in [5, 5.41) is 2.45. The zero-order valence-corrected chi connectivity index (χ0v) is 13.1. The fourth-order valence-corrected chi connectivity index (χ4v) is 3.47. The molecule has 0 amide bonds. The third-order valence-electron chi connectivity index (χ3n) is 4.52. The highest BCUT2D eigenvalue weighted by atomic mass is 15.1. The van der Waals surface area contributed by atoms with Gasteiger partial charge in [0.15, 0.2) is 0 Å². The number of fused-ring (bicyclic) bond motifs is 3. The van der Waals surface area contributed by atoms with E-state index in [4.69, 9.17) is 5.73 Å². The van der Waals surface area contributed by atoms with Crippen molar-refractivity contribution >= 4 is 27.6 Å². The van der Waals surface area contributed by atoms with E-state index in [9.17, 15) is 0 Å². The van der Waals surface area contributed by atoms with Crippen LogP contribution in [-0.2, 0) is 7.05 Å². The molecule has 3 heteroatoms. The lowest BCUT2D eigenvalue weighted by Gasteiger charge is -2.14. The molecule has 2 heterocycles. The zero-order valence-electron chi connectivity index (χ0n) is 13.1. The summed E-state index contributed by atoms with van der Waals surface area (Å²) in [6.07, 6.45) is 2.12. The van der Waals surface area contributed by atoms with Crippen LogP contribution in [0.25, 0.3) is 27.5 Å². The molecule has 0 aliphatic heterocycles. The Labute approximate surface area is 129 Å². The summed E-state index contributed by atoms with van der Waals surface area (Å²) in [5.41, 5.74) is 12.4. The number of para-hydroxylation sites is 2. The van der Waals surface area contributed by atoms with Crippen LogP contribution in [0, 0.1) is 13.8 Å². The van der Waals surface area contributed by atoms with Gasteiger partial charge in [-0.05, 0) is 31.0 Å². The Hall–Kier alpha value is -2.68. The van der Waals surface area contributed by atoms with Gasteiger partial charge in [-0.1, -0.05) is 36.4 Å². The molecule has 0 unspecified atom stereocenters. The third kappa shape index (κ3) is 1.56. The molecule has 3 nitrogen and oxygen atoms in total. The lowest BCUT2D eigenvalue weighted by Crippen LogP contribution is -2.03. The average Bonchev–Trinajstić information content (AvgIpc) is 2.96. The number of aromatic nitrogens is 2. The van der Waals surface area contributed by atoms with Crippen LogP contribution in [0.1, 0.15) is 11.1 Å². The van der Waals surface area contributed by atoms with E-state index < -0.39 is 0 Å². The van der Waals surface area contributed by atoms with Gasteiger partial charge in [0.25, 0.3) is 0 Å². The van der Waals surface area contributed by atoms with E-state index in [1.165, 1.54) is 33.1 Å². The van der Waals surface area contributed by atoms with E-state index in [0.717, 1.165) is 11.3 Å². The van der Waals surface area contributed by atoms with Gasteiger partial charge in [-0.25, -0.2) is 0 Å². The summed E-state index contributed by atoms with van der Waals surface area (Å²) in [6, 6.07) is 14.9. The maximum atomic E-state index is 6.38. The first kappa shape index (κ1) is 13.0. The Kier molecular flexibility index (Phi) is 2.61. The first-order chi connectivity index (χ1) is 10.6. The Morgan fingerprint density at radius 2 is 1.55 bits per heavy atom. The van der Waals surface area contributed by atoms with Crippen molar-refractivity contribution in [2.45, 2.75) is 13.8 Å². The van der Waals surface area contributed by atoms with Crippen molar-refractivity contribution in [3.8, 4) is 5.69 Å². The van der Waals surface area contributed by atoms with E-state index >= 15 is 0 Å². The molecule has 4 aromatic rings. The van der Waals surface area contributed by atoms with Gasteiger partial charge < -0.3 is 14.9 Å². The lowest BCUT2D eigenvalue weighted by atomic mass is 10.1. The molecule has 0 saturated carbocycles. The van der Waals surface area contributed by atoms with Crippen LogP contribution in [0.15, 0.2) is 48.7 Å². The van der Waals surface area contributed by atoms with Crippen molar-refractivity contribution in [1.29, 1.82) is 0 Å². The number of rotatable bonds is 1. The zero-order chi connectivity index (χ0) is 15.4. The number of nitrogens with zero attached hydrogens (tertiary/aromatic N) is 2. The van der Waals surface area contributed by atoms with Crippen molar-refractivity contribution in [3.05, 3.63) is 59.8 Å². The smallest absolute Gasteiger partial charge is 0.128 e. The van der Waals surface area contributed by atoms with Crippen LogP contribution < -0.4 is 5.73 Å². The minimum absolute atomic E-state index is 0.800. The second-order valence-electron chi connectivity index (χ2n) is 5.98. The van der Waals surface area contributed by atoms with Crippen LogP contribution in [-0.4, -0.2) is 9.13 Å². The number of hydrogen-bond donors (Lipinski definition) is 1. The Morgan fingerprint density at radius 1 is 0.864 bits per heavy atom. The summed E-state index contributed by atoms with van der Waals surface area (Å²) < 4.78 is 4.31. The SMILES string of the molecule is Cc1cccc(C)c1-n1c2ccccc2c2cn(C)c(N)c21. The average molecular weight is 289 g/mol. The summed E-state index contributed by atoms with van der Waals surface area (Å²) >= 11 is 0. The Bertz CT molecular complexity index is 998. The van der Waals surface area contributed by atoms with Crippen molar-refractivity contribution in [2.75, 3.05) is 5.73 Å². The molecule has 22 heavy (non-hydrogen) atoms. The normalized spacial score (nSPS) is 11.6. The molecule has 110 valence electrons. The standard InChI is InChI=1S/C19H19N3/c1-12-7-6-8-13(2)17(12)22-16-10-5-4-9-14(16)15-11-21(3)19(20)18(15)22/h4-11H,20H2,1-3H3. The second-order valence-corrected chi connectivity index (χ2v) is 5.98. The first-order valence-electron chi connectivity index (χ1n) is 7.50. The van der Waals surface area contributed by atoms with E-state index in [1.54, 1.807) is 0 Å². The van der Waals surface area contributed by atoms with Crippen LogP contribution in [0.2, 0.25) is 0 Å². The summed E-state index contributed by atoms with van der Waals surface area (Å²) in [5.74, 6) is 0.800. The van der Waals surface area contributed by atoms with Gasteiger partial charge in [0.2, 0.25) is 0 Å². The number of nitrogens with two attached hydrogens (primary N) is 1. The third-order valence-corrected chi connectivity index (χ3v) is 4.52. The molecule has 0 bridgehead atoms. The lowest BCUT2D eigenvalue weighted by molar-refractivity contribution is 0.942. The molecule has 2 aromatic carbocycles. The van der Waals surface area contributed by atoms with Gasteiger partial charge in [0.05, 0.1) is 16.7 Å². The van der Waals surface area contributed by atoms with Crippen molar-refractivity contribution < 1.29 is 0 Å². The number of benzene rings is 2. The van der Waals surface area contributed by atoms with Gasteiger partial charge in [-0.2, -0.15) is 0 Å². The Balaban J connectivity index is 2.29. The molecular weight excluding hydrogens is 270 g/mol. The van der Waals surface area contributed by atoms with Gasteiger partial charge in [0, 0.05) is 24.0 Å². The van der Waals surface area contributed by atoms with Crippen molar-refractivity contribution in [1.82, 2.24) is 9.13 Å². The number of hydrogen-bond acceptors (Lipinski definition) is 1. The van der Waals surface area contributed by atoms with E-state index in [1.807, 2.05) is 11.6 Å². The van der Waals surface area contributed by atoms with E-state index in [0.29, 0.717) is 0 Å². The quantitative estimate of drug-likeness (QED) is 0.556. The van der Waals surface area contributed by atoms with E-state index in [-0.39, 0.29) is 0 Å². The molecule has 2 aromatic heterocycles. The second kappa shape index (κ2) is 4.41. The fourth-order valence-electron chi connectivity index (χ4n) is 3.47. The largest absolute Gasteiger partial charge is 0.383 e. The molecule has 0 fully saturated rings. The molecule has 4 rings (SSSR count). The van der Waals surface area contributed by atoms with Gasteiger partial charge >= 0.3 is 0 Å². The summed E-state index contributed by atoms with van der Waals surface area (Å²) in [7, 11) is 2.00. The highest BCUT2D eigenvalue weighted by Crippen LogP contribution is 2.37. The molecular formula is C19H19N3. The van der Waals surface area contributed by atoms with Gasteiger partial charge in [-0.3, -0.25) is 0 Å². The number of aryl methyl sites for hydroxylation is 3.